The van der Waals surface area contributed by atoms with Gasteiger partial charge in [-0.1, -0.05) is 19.8 Å². The molecule has 112 valence electrons. The summed E-state index contributed by atoms with van der Waals surface area (Å²) in [6, 6.07) is -1.22. The zero-order valence-corrected chi connectivity index (χ0v) is 11.3. The van der Waals surface area contributed by atoms with Crippen molar-refractivity contribution in [3.63, 3.8) is 0 Å². The number of thiazole rings is 1. The first-order valence-electron chi connectivity index (χ1n) is 5.81. The number of carbonyl (C=O) groups excluding carboxylic acids is 1. The summed E-state index contributed by atoms with van der Waals surface area (Å²) in [5, 5.41) is 11.0. The Morgan fingerprint density at radius 2 is 2.15 bits per heavy atom. The van der Waals surface area contributed by atoms with Gasteiger partial charge in [0.1, 0.15) is 10.9 Å². The molecule has 1 amide bonds. The molecule has 0 aliphatic heterocycles. The van der Waals surface area contributed by atoms with Gasteiger partial charge in [0.25, 0.3) is 5.91 Å². The van der Waals surface area contributed by atoms with E-state index in [0.717, 1.165) is 5.51 Å². The Hall–Kier alpha value is -1.64. The van der Waals surface area contributed by atoms with Crippen LogP contribution in [0.15, 0.2) is 5.51 Å². The summed E-state index contributed by atoms with van der Waals surface area (Å²) in [6.45, 7) is 1.84. The van der Waals surface area contributed by atoms with E-state index in [1.807, 2.05) is 6.92 Å². The molecular weight excluding hydrogens is 297 g/mol. The topological polar surface area (TPSA) is 79.3 Å². The number of hydrogen-bond donors (Lipinski definition) is 2. The van der Waals surface area contributed by atoms with E-state index in [1.54, 1.807) is 0 Å². The highest BCUT2D eigenvalue weighted by Gasteiger charge is 2.38. The van der Waals surface area contributed by atoms with Gasteiger partial charge in [-0.3, -0.25) is 4.79 Å². The summed E-state index contributed by atoms with van der Waals surface area (Å²) >= 11 is 0.294. The molecule has 0 aliphatic rings. The van der Waals surface area contributed by atoms with E-state index in [2.05, 4.69) is 10.3 Å². The van der Waals surface area contributed by atoms with Gasteiger partial charge in [-0.05, 0) is 6.42 Å². The van der Waals surface area contributed by atoms with Gasteiger partial charge in [0.05, 0.1) is 5.51 Å². The molecule has 5 nitrogen and oxygen atoms in total. The molecule has 2 N–H and O–H groups in total. The summed E-state index contributed by atoms with van der Waals surface area (Å²) in [4.78, 5) is 24.9. The number of carboxylic acid groups (broad SMARTS) is 1. The van der Waals surface area contributed by atoms with Gasteiger partial charge in [-0.15, -0.1) is 11.3 Å². The van der Waals surface area contributed by atoms with Crippen LogP contribution >= 0.6 is 11.3 Å². The average molecular weight is 310 g/mol. The number of unbranched alkanes of at least 4 members (excludes halogenated alkanes) is 1. The highest BCUT2D eigenvalue weighted by atomic mass is 32.1. The minimum absolute atomic E-state index is 0.156. The first kappa shape index (κ1) is 16.4. The van der Waals surface area contributed by atoms with Crippen LogP contribution in [0.2, 0.25) is 0 Å². The predicted octanol–water partition coefficient (Wildman–Crippen LogP) is 2.54. The molecule has 1 atom stereocenters. The monoisotopic (exact) mass is 310 g/mol. The van der Waals surface area contributed by atoms with Crippen LogP contribution in [-0.2, 0) is 11.0 Å². The molecular formula is C11H13F3N2O3S. The van der Waals surface area contributed by atoms with Gasteiger partial charge in [-0.25, -0.2) is 9.78 Å². The second-order valence-corrected chi connectivity index (χ2v) is 4.89. The van der Waals surface area contributed by atoms with E-state index in [4.69, 9.17) is 5.11 Å². The Balaban J connectivity index is 2.85. The molecule has 0 saturated heterocycles. The predicted molar refractivity (Wildman–Crippen MR) is 65.5 cm³/mol. The first-order valence-corrected chi connectivity index (χ1v) is 6.69. The van der Waals surface area contributed by atoms with Crippen molar-refractivity contribution in [2.45, 2.75) is 38.4 Å². The number of aromatic nitrogens is 1. The average Bonchev–Trinajstić information content (AvgIpc) is 2.82. The molecule has 0 fully saturated rings. The van der Waals surface area contributed by atoms with Crippen molar-refractivity contribution in [1.82, 2.24) is 10.3 Å². The first-order chi connectivity index (χ1) is 9.27. The third-order valence-corrected chi connectivity index (χ3v) is 3.36. The highest BCUT2D eigenvalue weighted by Crippen LogP contribution is 2.34. The molecule has 0 aliphatic carbocycles. The minimum Gasteiger partial charge on any atom is -0.480 e. The second-order valence-electron chi connectivity index (χ2n) is 4.03. The lowest BCUT2D eigenvalue weighted by Crippen LogP contribution is -2.41. The summed E-state index contributed by atoms with van der Waals surface area (Å²) in [5.41, 5.74) is 0.116. The molecule has 1 aromatic heterocycles. The van der Waals surface area contributed by atoms with Gasteiger partial charge in [0.15, 0.2) is 5.69 Å². The van der Waals surface area contributed by atoms with Crippen LogP contribution in [0.1, 0.15) is 41.6 Å². The van der Waals surface area contributed by atoms with Crippen molar-refractivity contribution in [3.8, 4) is 0 Å². The minimum atomic E-state index is -4.68. The molecule has 1 unspecified atom stereocenters. The van der Waals surface area contributed by atoms with Gasteiger partial charge in [0.2, 0.25) is 0 Å². The molecule has 0 aromatic carbocycles. The third-order valence-electron chi connectivity index (χ3n) is 2.49. The molecule has 9 heteroatoms. The lowest BCUT2D eigenvalue weighted by Gasteiger charge is -2.14. The number of halogens is 3. The lowest BCUT2D eigenvalue weighted by atomic mass is 10.1. The van der Waals surface area contributed by atoms with E-state index in [1.165, 1.54) is 0 Å². The van der Waals surface area contributed by atoms with Crippen molar-refractivity contribution < 1.29 is 27.9 Å². The van der Waals surface area contributed by atoms with Gasteiger partial charge in [0, 0.05) is 0 Å². The van der Waals surface area contributed by atoms with E-state index in [9.17, 15) is 22.8 Å². The molecule has 1 rings (SSSR count). The number of carbonyl (C=O) groups is 2. The van der Waals surface area contributed by atoms with Crippen LogP contribution in [0.3, 0.4) is 0 Å². The van der Waals surface area contributed by atoms with E-state index >= 15 is 0 Å². The van der Waals surface area contributed by atoms with Gasteiger partial charge >= 0.3 is 12.1 Å². The Kier molecular flexibility index (Phi) is 5.49. The fourth-order valence-corrected chi connectivity index (χ4v) is 2.16. The third kappa shape index (κ3) is 4.19. The second kappa shape index (κ2) is 6.69. The quantitative estimate of drug-likeness (QED) is 0.846. The number of aliphatic carboxylic acids is 1. The maximum absolute atomic E-state index is 12.6. The Bertz CT molecular complexity index is 488. The molecule has 1 aromatic rings. The fraction of sp³-hybridized carbons (Fsp3) is 0.545. The van der Waals surface area contributed by atoms with Crippen molar-refractivity contribution in [2.24, 2.45) is 0 Å². The summed E-state index contributed by atoms with van der Waals surface area (Å²) in [7, 11) is 0. The summed E-state index contributed by atoms with van der Waals surface area (Å²) < 4.78 is 37.8. The fourth-order valence-electron chi connectivity index (χ4n) is 1.50. The highest BCUT2D eigenvalue weighted by molar-refractivity contribution is 7.10. The van der Waals surface area contributed by atoms with Gasteiger partial charge < -0.3 is 10.4 Å². The molecule has 0 bridgehead atoms. The largest absolute Gasteiger partial charge is 0.480 e. The Morgan fingerprint density at radius 3 is 2.65 bits per heavy atom. The number of nitrogens with one attached hydrogen (secondary N) is 1. The van der Waals surface area contributed by atoms with Crippen LogP contribution in [0, 0.1) is 0 Å². The van der Waals surface area contributed by atoms with Crippen molar-refractivity contribution in [2.75, 3.05) is 0 Å². The number of hydrogen-bond acceptors (Lipinski definition) is 4. The molecule has 0 spiro atoms. The van der Waals surface area contributed by atoms with E-state index in [-0.39, 0.29) is 6.42 Å². The maximum atomic E-state index is 12.6. The van der Waals surface area contributed by atoms with Crippen molar-refractivity contribution in [1.29, 1.82) is 0 Å². The lowest BCUT2D eigenvalue weighted by molar-refractivity contribution is -0.139. The molecule has 1 heterocycles. The Labute approximate surface area is 116 Å². The molecule has 0 radical (unpaired) electrons. The van der Waals surface area contributed by atoms with Crippen molar-refractivity contribution in [3.05, 3.63) is 16.1 Å². The number of amides is 1. The van der Waals surface area contributed by atoms with Crippen LogP contribution in [0.5, 0.6) is 0 Å². The van der Waals surface area contributed by atoms with Crippen LogP contribution in [0.25, 0.3) is 0 Å². The number of rotatable bonds is 6. The number of alkyl halides is 3. The number of nitrogens with zero attached hydrogens (tertiary/aromatic N) is 1. The van der Waals surface area contributed by atoms with Crippen LogP contribution in [0.4, 0.5) is 13.2 Å². The summed E-state index contributed by atoms with van der Waals surface area (Å²) in [5.74, 6) is -2.40. The Morgan fingerprint density at radius 1 is 1.50 bits per heavy atom. The molecule has 0 saturated carbocycles. The normalized spacial score (nSPS) is 13.0. The zero-order valence-electron chi connectivity index (χ0n) is 10.5. The zero-order chi connectivity index (χ0) is 15.3. The summed E-state index contributed by atoms with van der Waals surface area (Å²) in [6.07, 6.45) is -3.27. The van der Waals surface area contributed by atoms with E-state index < -0.39 is 34.7 Å². The number of carboxylic acids is 1. The standard InChI is InChI=1S/C11H13F3N2O3S/c1-2-3-4-6(10(18)19)16-9(17)7-8(11(12,13)14)20-5-15-7/h5-6H,2-4H2,1H3,(H,16,17)(H,18,19). The van der Waals surface area contributed by atoms with Crippen LogP contribution in [-0.4, -0.2) is 28.0 Å². The molecule has 20 heavy (non-hydrogen) atoms. The maximum Gasteiger partial charge on any atom is 0.427 e. The smallest absolute Gasteiger partial charge is 0.427 e. The SMILES string of the molecule is CCCCC(NC(=O)c1ncsc1C(F)(F)F)C(=O)O. The van der Waals surface area contributed by atoms with Crippen LogP contribution < -0.4 is 5.32 Å². The van der Waals surface area contributed by atoms with E-state index in [0.29, 0.717) is 24.2 Å². The van der Waals surface area contributed by atoms with Gasteiger partial charge in [-0.2, -0.15) is 13.2 Å². The van der Waals surface area contributed by atoms with Crippen molar-refractivity contribution >= 4 is 23.2 Å².